The van der Waals surface area contributed by atoms with E-state index in [-0.39, 0.29) is 11.8 Å². The number of nitrogens with zero attached hydrogens (tertiary/aromatic N) is 1. The molecule has 0 fully saturated rings. The molecule has 7 nitrogen and oxygen atoms in total. The monoisotopic (exact) mass is 803 g/mol. The van der Waals surface area contributed by atoms with Crippen molar-refractivity contribution in [1.82, 2.24) is 0 Å². The second-order valence-corrected chi connectivity index (χ2v) is 15.6. The minimum atomic E-state index is -0.404. The summed E-state index contributed by atoms with van der Waals surface area (Å²) in [4.78, 5) is 31.9. The Morgan fingerprint density at radius 2 is 0.946 bits per heavy atom. The lowest BCUT2D eigenvalue weighted by Gasteiger charge is -2.33. The first-order chi connectivity index (χ1) is 27.1. The fraction of sp³-hybridized carbons (Fsp3) is 0.167. The molecule has 0 unspecified atom stereocenters. The zero-order chi connectivity index (χ0) is 39.0. The van der Waals surface area contributed by atoms with Crippen molar-refractivity contribution >= 4 is 76.5 Å². The van der Waals surface area contributed by atoms with Crippen LogP contribution in [-0.4, -0.2) is 26.0 Å². The average molecular weight is 805 g/mol. The molecule has 1 aliphatic rings. The van der Waals surface area contributed by atoms with Crippen molar-refractivity contribution < 1.29 is 28.5 Å². The van der Waals surface area contributed by atoms with Crippen LogP contribution in [0.2, 0.25) is 0 Å². The largest absolute Gasteiger partial charge is 0.497 e. The lowest BCUT2D eigenvalue weighted by Crippen LogP contribution is -2.42. The fourth-order valence-electron chi connectivity index (χ4n) is 8.26. The summed E-state index contributed by atoms with van der Waals surface area (Å²) < 4.78 is 25.5. The van der Waals surface area contributed by atoms with E-state index in [0.717, 1.165) is 53.3 Å². The number of imide groups is 1. The number of carbonyl (C=O) groups is 2. The summed E-state index contributed by atoms with van der Waals surface area (Å²) in [5, 5.41) is 6.68. The highest BCUT2D eigenvalue weighted by molar-refractivity contribution is 9.10. The Morgan fingerprint density at radius 1 is 0.500 bits per heavy atom. The van der Waals surface area contributed by atoms with E-state index in [9.17, 15) is 0 Å². The van der Waals surface area contributed by atoms with E-state index < -0.39 is 11.8 Å². The van der Waals surface area contributed by atoms with Gasteiger partial charge >= 0.3 is 0 Å². The molecular weight excluding hydrogens is 766 g/mol. The molecule has 0 bridgehead atoms. The van der Waals surface area contributed by atoms with Gasteiger partial charge in [-0.3, -0.25) is 9.59 Å². The molecule has 278 valence electrons. The van der Waals surface area contributed by atoms with Gasteiger partial charge in [0, 0.05) is 26.0 Å². The highest BCUT2D eigenvalue weighted by atomic mass is 79.9. The number of fused-ring (bicyclic) bond motifs is 2. The third kappa shape index (κ3) is 5.46. The Labute approximate surface area is 332 Å². The van der Waals surface area contributed by atoms with Gasteiger partial charge in [-0.1, -0.05) is 86.1 Å². The van der Waals surface area contributed by atoms with Crippen molar-refractivity contribution in [1.29, 1.82) is 0 Å². The van der Waals surface area contributed by atoms with Gasteiger partial charge in [0.2, 0.25) is 0 Å². The quantitative estimate of drug-likeness (QED) is 0.0822. The topological polar surface area (TPSA) is 74.3 Å². The number of amides is 2. The number of hydrogen-bond acceptors (Lipinski definition) is 6. The lowest BCUT2D eigenvalue weighted by atomic mass is 9.83. The van der Waals surface area contributed by atoms with Crippen molar-refractivity contribution in [3.05, 3.63) is 136 Å². The van der Waals surface area contributed by atoms with Crippen LogP contribution in [0.15, 0.2) is 114 Å². The van der Waals surface area contributed by atoms with Gasteiger partial charge in [0.1, 0.15) is 34.5 Å². The second kappa shape index (κ2) is 13.6. The summed E-state index contributed by atoms with van der Waals surface area (Å²) in [7, 11) is 3.24. The third-order valence-electron chi connectivity index (χ3n) is 10.9. The van der Waals surface area contributed by atoms with E-state index in [2.05, 4.69) is 61.8 Å². The van der Waals surface area contributed by atoms with E-state index in [0.29, 0.717) is 56.7 Å². The summed E-state index contributed by atoms with van der Waals surface area (Å²) in [5.41, 5.74) is 3.21. The molecule has 0 atom stereocenters. The SMILES string of the molecule is COc1ccc(Oc2cc3c4c(cc(Oc5ccc(OC)cc5)c5c6ccc(Br)c7cccc(c2c45)c76)C(=O)N(c2c(C(C)C)cccc2C(C)C)C3=O)cc1. The van der Waals surface area contributed by atoms with Crippen LogP contribution in [0.4, 0.5) is 5.69 Å². The Morgan fingerprint density at radius 3 is 1.43 bits per heavy atom. The minimum absolute atomic E-state index is 0.0420. The van der Waals surface area contributed by atoms with E-state index in [1.807, 2.05) is 91.0 Å². The molecule has 0 spiro atoms. The second-order valence-electron chi connectivity index (χ2n) is 14.8. The highest BCUT2D eigenvalue weighted by Crippen LogP contribution is 2.53. The van der Waals surface area contributed by atoms with Gasteiger partial charge in [0.25, 0.3) is 11.8 Å². The van der Waals surface area contributed by atoms with Crippen LogP contribution in [0.3, 0.4) is 0 Å². The average Bonchev–Trinajstić information content (AvgIpc) is 3.20. The van der Waals surface area contributed by atoms with Gasteiger partial charge in [-0.05, 0) is 111 Å². The number of rotatable bonds is 9. The predicted molar refractivity (Wildman–Crippen MR) is 227 cm³/mol. The van der Waals surface area contributed by atoms with Gasteiger partial charge in [0.05, 0.1) is 31.0 Å². The molecule has 0 saturated heterocycles. The first-order valence-electron chi connectivity index (χ1n) is 18.6. The molecule has 8 aromatic rings. The van der Waals surface area contributed by atoms with Gasteiger partial charge in [-0.2, -0.15) is 0 Å². The normalized spacial score (nSPS) is 12.9. The van der Waals surface area contributed by atoms with Crippen LogP contribution >= 0.6 is 15.9 Å². The van der Waals surface area contributed by atoms with Gasteiger partial charge in [0.15, 0.2) is 0 Å². The van der Waals surface area contributed by atoms with Crippen molar-refractivity contribution in [2.75, 3.05) is 19.1 Å². The maximum absolute atomic E-state index is 15.3. The smallest absolute Gasteiger partial charge is 0.266 e. The van der Waals surface area contributed by atoms with Crippen molar-refractivity contribution in [3.8, 4) is 34.5 Å². The first-order valence-corrected chi connectivity index (χ1v) is 19.4. The summed E-state index contributed by atoms with van der Waals surface area (Å²) in [6, 6.07) is 34.7. The molecule has 0 aromatic heterocycles. The van der Waals surface area contributed by atoms with E-state index in [4.69, 9.17) is 18.9 Å². The molecule has 1 heterocycles. The minimum Gasteiger partial charge on any atom is -0.497 e. The molecule has 0 aliphatic carbocycles. The summed E-state index contributed by atoms with van der Waals surface area (Å²) in [5.74, 6) is 2.75. The Bertz CT molecular complexity index is 2730. The zero-order valence-corrected chi connectivity index (χ0v) is 33.4. The number of para-hydroxylation sites is 1. The molecule has 8 heteroatoms. The van der Waals surface area contributed by atoms with Crippen molar-refractivity contribution in [3.63, 3.8) is 0 Å². The molecule has 9 rings (SSSR count). The van der Waals surface area contributed by atoms with Crippen LogP contribution in [-0.2, 0) is 0 Å². The van der Waals surface area contributed by atoms with Crippen LogP contribution in [0, 0.1) is 0 Å². The first kappa shape index (κ1) is 35.6. The zero-order valence-electron chi connectivity index (χ0n) is 31.8. The molecular formula is C48H38BrNO6. The fourth-order valence-corrected chi connectivity index (χ4v) is 8.72. The van der Waals surface area contributed by atoms with E-state index in [1.165, 1.54) is 4.90 Å². The molecule has 0 N–H and O–H groups in total. The Balaban J connectivity index is 1.44. The van der Waals surface area contributed by atoms with Gasteiger partial charge in [-0.25, -0.2) is 4.90 Å². The van der Waals surface area contributed by atoms with Gasteiger partial charge < -0.3 is 18.9 Å². The Kier molecular flexibility index (Phi) is 8.62. The summed E-state index contributed by atoms with van der Waals surface area (Å²) in [6.07, 6.45) is 0. The van der Waals surface area contributed by atoms with Crippen LogP contribution < -0.4 is 23.8 Å². The number of carbonyl (C=O) groups excluding carboxylic acids is 2. The number of anilines is 1. The van der Waals surface area contributed by atoms with Crippen LogP contribution in [0.1, 0.15) is 71.4 Å². The highest BCUT2D eigenvalue weighted by Gasteiger charge is 2.40. The number of benzene rings is 8. The standard InChI is InChI=1S/C48H38BrNO6/c1-25(2)31-9-7-10-32(26(3)4)46(31)50-47(51)36-23-39(55-29-17-13-27(53-5)14-18-29)43-34-12-8-11-33-38(49)22-21-35(41(33)34)44-40(24-37(48(50)52)42(36)45(43)44)56-30-19-15-28(54-6)16-20-30/h7-26H,1-6H3. The van der Waals surface area contributed by atoms with Crippen molar-refractivity contribution in [2.45, 2.75) is 39.5 Å². The number of methoxy groups -OCH3 is 2. The van der Waals surface area contributed by atoms with Crippen molar-refractivity contribution in [2.24, 2.45) is 0 Å². The summed E-state index contributed by atoms with van der Waals surface area (Å²) >= 11 is 3.81. The number of ether oxygens (including phenoxy) is 4. The number of halogens is 1. The third-order valence-corrected chi connectivity index (χ3v) is 11.6. The molecule has 1 aliphatic heterocycles. The Hall–Kier alpha value is -6.12. The molecule has 0 radical (unpaired) electrons. The number of hydrogen-bond donors (Lipinski definition) is 0. The molecule has 56 heavy (non-hydrogen) atoms. The molecule has 2 amide bonds. The molecule has 0 saturated carbocycles. The molecule has 8 aromatic carbocycles. The van der Waals surface area contributed by atoms with E-state index in [1.54, 1.807) is 14.2 Å². The van der Waals surface area contributed by atoms with E-state index >= 15 is 9.59 Å². The maximum atomic E-state index is 15.3. The predicted octanol–water partition coefficient (Wildman–Crippen LogP) is 13.1. The lowest BCUT2D eigenvalue weighted by molar-refractivity contribution is 0.0892. The summed E-state index contributed by atoms with van der Waals surface area (Å²) in [6.45, 7) is 8.33. The maximum Gasteiger partial charge on any atom is 0.266 e. The van der Waals surface area contributed by atoms with Crippen LogP contribution in [0.5, 0.6) is 34.5 Å². The van der Waals surface area contributed by atoms with Gasteiger partial charge in [-0.15, -0.1) is 0 Å². The van der Waals surface area contributed by atoms with Crippen LogP contribution in [0.25, 0.3) is 43.1 Å².